The fourth-order valence-corrected chi connectivity index (χ4v) is 1.76. The van der Waals surface area contributed by atoms with Gasteiger partial charge in [0.2, 0.25) is 0 Å². The maximum absolute atomic E-state index is 4.00. The summed E-state index contributed by atoms with van der Waals surface area (Å²) >= 11 is 0. The van der Waals surface area contributed by atoms with E-state index in [4.69, 9.17) is 0 Å². The zero-order chi connectivity index (χ0) is 7.98. The molecule has 0 N–H and O–H groups in total. The van der Waals surface area contributed by atoms with Gasteiger partial charge in [0.25, 0.3) is 0 Å². The molecule has 0 aliphatic heterocycles. The summed E-state index contributed by atoms with van der Waals surface area (Å²) in [5, 5.41) is 2.15. The van der Waals surface area contributed by atoms with Crippen molar-refractivity contribution in [1.29, 1.82) is 0 Å². The maximum Gasteiger partial charge on any atom is 0.0751 e. The minimum atomic E-state index is 1.08. The molecule has 0 saturated heterocycles. The zero-order valence-electron chi connectivity index (χ0n) is 6.71. The Kier molecular flexibility index (Phi) is 5.82. The summed E-state index contributed by atoms with van der Waals surface area (Å²) in [6.45, 7) is 3.97. The van der Waals surface area contributed by atoms with Gasteiger partial charge in [-0.2, -0.15) is 0 Å². The van der Waals surface area contributed by atoms with E-state index in [1.807, 2.05) is 13.8 Å². The summed E-state index contributed by atoms with van der Waals surface area (Å²) in [6.07, 6.45) is 0. The van der Waals surface area contributed by atoms with Crippen LogP contribution in [-0.4, -0.2) is 24.2 Å². The molecular formula is C6H12N2S2. The fraction of sp³-hybridized carbons (Fsp3) is 0.667. The predicted octanol–water partition coefficient (Wildman–Crippen LogP) is 2.46. The minimum Gasteiger partial charge on any atom is -0.286 e. The van der Waals surface area contributed by atoms with Crippen molar-refractivity contribution in [3.63, 3.8) is 0 Å². The highest BCUT2D eigenvalue weighted by atomic mass is 33.1. The fourth-order valence-electron chi connectivity index (χ4n) is 0.195. The second kappa shape index (κ2) is 5.80. The van der Waals surface area contributed by atoms with Crippen LogP contribution < -0.4 is 0 Å². The number of aliphatic imine (C=N–C) groups is 2. The summed E-state index contributed by atoms with van der Waals surface area (Å²) in [7, 11) is 6.88. The lowest BCUT2D eigenvalue weighted by atomic mass is 10.9. The molecule has 0 saturated carbocycles. The van der Waals surface area contributed by atoms with Gasteiger partial charge in [-0.1, -0.05) is 0 Å². The van der Waals surface area contributed by atoms with Crippen molar-refractivity contribution in [2.24, 2.45) is 9.98 Å². The van der Waals surface area contributed by atoms with Gasteiger partial charge in [0, 0.05) is 14.1 Å². The van der Waals surface area contributed by atoms with E-state index in [-0.39, 0.29) is 0 Å². The smallest absolute Gasteiger partial charge is 0.0751 e. The minimum absolute atomic E-state index is 1.08. The van der Waals surface area contributed by atoms with Crippen LogP contribution in [0.4, 0.5) is 0 Å². The SMILES string of the molecule is CN=C(C)SSC(C)=NC. The molecule has 0 fully saturated rings. The number of hydrogen-bond donors (Lipinski definition) is 0. The standard InChI is InChI=1S/C6H12N2S2/c1-5(7-3)9-10-6(2)8-4/h1-4H3. The molecule has 0 atom stereocenters. The number of hydrogen-bond acceptors (Lipinski definition) is 4. The molecule has 0 radical (unpaired) electrons. The highest BCUT2D eigenvalue weighted by Gasteiger charge is 1.93. The van der Waals surface area contributed by atoms with Crippen LogP contribution in [0.15, 0.2) is 9.98 Å². The van der Waals surface area contributed by atoms with Crippen molar-refractivity contribution < 1.29 is 0 Å². The first-order valence-corrected chi connectivity index (χ1v) is 5.07. The van der Waals surface area contributed by atoms with E-state index < -0.39 is 0 Å². The van der Waals surface area contributed by atoms with Crippen LogP contribution in [0.25, 0.3) is 0 Å². The maximum atomic E-state index is 4.00. The first-order valence-electron chi connectivity index (χ1n) is 2.92. The van der Waals surface area contributed by atoms with E-state index in [0.717, 1.165) is 10.1 Å². The van der Waals surface area contributed by atoms with Crippen molar-refractivity contribution in [1.82, 2.24) is 0 Å². The summed E-state index contributed by atoms with van der Waals surface area (Å²) < 4.78 is 0. The third kappa shape index (κ3) is 4.88. The Labute approximate surface area is 70.0 Å². The van der Waals surface area contributed by atoms with Crippen molar-refractivity contribution in [3.05, 3.63) is 0 Å². The van der Waals surface area contributed by atoms with Crippen LogP contribution >= 0.6 is 21.6 Å². The lowest BCUT2D eigenvalue weighted by molar-refractivity contribution is 1.45. The van der Waals surface area contributed by atoms with Gasteiger partial charge in [-0.15, -0.1) is 0 Å². The third-order valence-electron chi connectivity index (χ3n) is 0.913. The molecule has 0 bridgehead atoms. The Hall–Kier alpha value is 0.0400. The van der Waals surface area contributed by atoms with Crippen LogP contribution in [-0.2, 0) is 0 Å². The Morgan fingerprint density at radius 2 is 1.20 bits per heavy atom. The molecule has 0 aliphatic carbocycles. The van der Waals surface area contributed by atoms with Gasteiger partial charge in [-0.3, -0.25) is 9.98 Å². The van der Waals surface area contributed by atoms with E-state index in [0.29, 0.717) is 0 Å². The van der Waals surface area contributed by atoms with Gasteiger partial charge in [0.05, 0.1) is 10.1 Å². The van der Waals surface area contributed by atoms with E-state index in [1.54, 1.807) is 35.7 Å². The lowest BCUT2D eigenvalue weighted by Gasteiger charge is -1.96. The molecule has 10 heavy (non-hydrogen) atoms. The van der Waals surface area contributed by atoms with Gasteiger partial charge in [0.1, 0.15) is 0 Å². The van der Waals surface area contributed by atoms with Crippen LogP contribution in [0.1, 0.15) is 13.8 Å². The largest absolute Gasteiger partial charge is 0.286 e. The third-order valence-corrected chi connectivity index (χ3v) is 3.54. The average molecular weight is 176 g/mol. The van der Waals surface area contributed by atoms with E-state index in [9.17, 15) is 0 Å². The monoisotopic (exact) mass is 176 g/mol. The Bertz CT molecular complexity index is 134. The van der Waals surface area contributed by atoms with Gasteiger partial charge in [-0.05, 0) is 35.4 Å². The molecule has 0 amide bonds. The molecule has 0 rings (SSSR count). The van der Waals surface area contributed by atoms with Gasteiger partial charge >= 0.3 is 0 Å². The zero-order valence-corrected chi connectivity index (χ0v) is 8.34. The summed E-state index contributed by atoms with van der Waals surface area (Å²) in [6, 6.07) is 0. The molecule has 0 aliphatic rings. The van der Waals surface area contributed by atoms with E-state index >= 15 is 0 Å². The van der Waals surface area contributed by atoms with Crippen LogP contribution in [0.3, 0.4) is 0 Å². The van der Waals surface area contributed by atoms with Gasteiger partial charge < -0.3 is 0 Å². The molecule has 0 heterocycles. The quantitative estimate of drug-likeness (QED) is 0.322. The van der Waals surface area contributed by atoms with Crippen molar-refractivity contribution >= 4 is 31.7 Å². The van der Waals surface area contributed by atoms with E-state index in [1.165, 1.54) is 0 Å². The molecular weight excluding hydrogens is 164 g/mol. The molecule has 0 aromatic carbocycles. The molecule has 4 heteroatoms. The topological polar surface area (TPSA) is 24.7 Å². The predicted molar refractivity (Wildman–Crippen MR) is 53.2 cm³/mol. The van der Waals surface area contributed by atoms with Crippen LogP contribution in [0, 0.1) is 0 Å². The molecule has 58 valence electrons. The Morgan fingerprint density at radius 3 is 1.40 bits per heavy atom. The number of rotatable bonds is 0. The van der Waals surface area contributed by atoms with Crippen LogP contribution in [0.5, 0.6) is 0 Å². The lowest BCUT2D eigenvalue weighted by Crippen LogP contribution is -1.82. The van der Waals surface area contributed by atoms with Gasteiger partial charge in [0.15, 0.2) is 0 Å². The van der Waals surface area contributed by atoms with Gasteiger partial charge in [-0.25, -0.2) is 0 Å². The normalized spacial score (nSPS) is 14.0. The van der Waals surface area contributed by atoms with E-state index in [2.05, 4.69) is 9.98 Å². The highest BCUT2D eigenvalue weighted by Crippen LogP contribution is 2.23. The molecule has 0 aromatic rings. The van der Waals surface area contributed by atoms with Crippen molar-refractivity contribution in [3.8, 4) is 0 Å². The summed E-state index contributed by atoms with van der Waals surface area (Å²) in [4.78, 5) is 8.00. The Balaban J connectivity index is 3.56. The molecule has 0 aromatic heterocycles. The first kappa shape index (κ1) is 10.0. The summed E-state index contributed by atoms with van der Waals surface area (Å²) in [5.41, 5.74) is 0. The summed E-state index contributed by atoms with van der Waals surface area (Å²) in [5.74, 6) is 0. The molecule has 0 unspecified atom stereocenters. The van der Waals surface area contributed by atoms with Crippen molar-refractivity contribution in [2.45, 2.75) is 13.8 Å². The second-order valence-electron chi connectivity index (χ2n) is 1.65. The Morgan fingerprint density at radius 1 is 0.900 bits per heavy atom. The number of nitrogens with zero attached hydrogens (tertiary/aromatic N) is 2. The first-order chi connectivity index (χ1) is 4.70. The van der Waals surface area contributed by atoms with Crippen LogP contribution in [0.2, 0.25) is 0 Å². The van der Waals surface area contributed by atoms with Crippen molar-refractivity contribution in [2.75, 3.05) is 14.1 Å². The molecule has 0 spiro atoms. The second-order valence-corrected chi connectivity index (χ2v) is 4.17. The average Bonchev–Trinajstić information content (AvgIpc) is 1.99. The highest BCUT2D eigenvalue weighted by molar-refractivity contribution is 8.87. The molecule has 2 nitrogen and oxygen atoms in total.